The summed E-state index contributed by atoms with van der Waals surface area (Å²) in [7, 11) is 0. The highest BCUT2D eigenvalue weighted by atomic mass is 16.5. The lowest BCUT2D eigenvalue weighted by molar-refractivity contribution is 0.0925. The molecule has 2 N–H and O–H groups in total. The van der Waals surface area contributed by atoms with E-state index in [1.807, 2.05) is 57.2 Å². The van der Waals surface area contributed by atoms with Crippen LogP contribution in [0.2, 0.25) is 0 Å². The number of hydrogen-bond acceptors (Lipinski definition) is 5. The first-order valence-electron chi connectivity index (χ1n) is 11.9. The van der Waals surface area contributed by atoms with Crippen LogP contribution in [0.25, 0.3) is 10.8 Å². The van der Waals surface area contributed by atoms with E-state index < -0.39 is 11.5 Å². The van der Waals surface area contributed by atoms with Gasteiger partial charge in [0.2, 0.25) is 5.88 Å². The molecule has 0 saturated heterocycles. The lowest BCUT2D eigenvalue weighted by Gasteiger charge is -2.34. The van der Waals surface area contributed by atoms with Crippen molar-refractivity contribution in [3.63, 3.8) is 0 Å². The van der Waals surface area contributed by atoms with Gasteiger partial charge in [-0.1, -0.05) is 84.9 Å². The molecule has 36 heavy (non-hydrogen) atoms. The number of nitrogens with one attached hydrogen (secondary N) is 1. The average Bonchev–Trinajstić information content (AvgIpc) is 2.87. The number of phenols is 1. The maximum absolute atomic E-state index is 14.2. The Balaban J connectivity index is 1.85. The van der Waals surface area contributed by atoms with Crippen molar-refractivity contribution in [3.05, 3.63) is 119 Å². The Morgan fingerprint density at radius 2 is 1.42 bits per heavy atom. The van der Waals surface area contributed by atoms with Gasteiger partial charge in [0.15, 0.2) is 23.1 Å². The number of allylic oxidation sites excluding steroid dienone is 1. The van der Waals surface area contributed by atoms with E-state index in [0.29, 0.717) is 16.7 Å². The SMILES string of the molecule is CC(C)(C)NC1=C(C(=O)c2ccccc2)C(C(=O)c2ccccc2)c2c(c(O)cc3ccccc23)O1. The standard InChI is InChI=1S/C31H27NO4/c1-31(2,3)32-30-26(28(35)20-14-8-5-9-15-20)25(27(34)19-12-6-4-7-13-19)24-22-17-11-10-16-21(22)18-23(33)29(24)36-30/h4-18,25,32-33H,1-3H3. The third-order valence-electron chi connectivity index (χ3n) is 6.14. The fourth-order valence-corrected chi connectivity index (χ4v) is 4.61. The number of ether oxygens (including phenoxy) is 1. The van der Waals surface area contributed by atoms with Crippen LogP contribution < -0.4 is 10.1 Å². The molecule has 1 unspecified atom stereocenters. The minimum atomic E-state index is -0.995. The molecule has 0 bridgehead atoms. The summed E-state index contributed by atoms with van der Waals surface area (Å²) in [5.41, 5.74) is 1.13. The Labute approximate surface area is 210 Å². The van der Waals surface area contributed by atoms with Gasteiger partial charge >= 0.3 is 0 Å². The molecule has 4 aromatic carbocycles. The van der Waals surface area contributed by atoms with Crippen LogP contribution in [-0.2, 0) is 0 Å². The highest BCUT2D eigenvalue weighted by Gasteiger charge is 2.42. The maximum Gasteiger partial charge on any atom is 0.202 e. The molecule has 0 spiro atoms. The van der Waals surface area contributed by atoms with Crippen LogP contribution in [0.4, 0.5) is 0 Å². The zero-order valence-corrected chi connectivity index (χ0v) is 20.4. The van der Waals surface area contributed by atoms with Crippen molar-refractivity contribution in [1.29, 1.82) is 0 Å². The lowest BCUT2D eigenvalue weighted by atomic mass is 9.77. The van der Waals surface area contributed by atoms with Crippen LogP contribution in [0.3, 0.4) is 0 Å². The van der Waals surface area contributed by atoms with Crippen LogP contribution in [0, 0.1) is 0 Å². The summed E-state index contributed by atoms with van der Waals surface area (Å²) in [5.74, 6) is -1.29. The second kappa shape index (κ2) is 9.00. The molecule has 0 aromatic heterocycles. The predicted octanol–water partition coefficient (Wildman–Crippen LogP) is 6.39. The molecule has 1 aliphatic rings. The number of phenolic OH excluding ortho intramolecular Hbond substituents is 1. The van der Waals surface area contributed by atoms with Gasteiger partial charge in [-0.15, -0.1) is 0 Å². The lowest BCUT2D eigenvalue weighted by Crippen LogP contribution is -2.41. The summed E-state index contributed by atoms with van der Waals surface area (Å²) in [4.78, 5) is 28.3. The highest BCUT2D eigenvalue weighted by molar-refractivity contribution is 6.18. The van der Waals surface area contributed by atoms with E-state index in [2.05, 4.69) is 5.32 Å². The topological polar surface area (TPSA) is 75.6 Å². The van der Waals surface area contributed by atoms with Crippen molar-refractivity contribution in [3.8, 4) is 11.5 Å². The van der Waals surface area contributed by atoms with E-state index in [4.69, 9.17) is 4.74 Å². The fraction of sp³-hybridized carbons (Fsp3) is 0.161. The van der Waals surface area contributed by atoms with Crippen LogP contribution in [-0.4, -0.2) is 22.2 Å². The monoisotopic (exact) mass is 477 g/mol. The normalized spacial score (nSPS) is 15.2. The Bertz CT molecular complexity index is 1500. The van der Waals surface area contributed by atoms with Crippen molar-refractivity contribution in [2.24, 2.45) is 0 Å². The average molecular weight is 478 g/mol. The second-order valence-electron chi connectivity index (χ2n) is 9.94. The summed E-state index contributed by atoms with van der Waals surface area (Å²) in [5, 5.41) is 15.8. The zero-order chi connectivity index (χ0) is 25.4. The highest BCUT2D eigenvalue weighted by Crippen LogP contribution is 2.49. The van der Waals surface area contributed by atoms with Crippen LogP contribution in [0.1, 0.15) is 53.0 Å². The van der Waals surface area contributed by atoms with E-state index in [1.54, 1.807) is 54.6 Å². The number of benzene rings is 4. The third kappa shape index (κ3) is 4.24. The van der Waals surface area contributed by atoms with Crippen molar-refractivity contribution in [1.82, 2.24) is 5.32 Å². The summed E-state index contributed by atoms with van der Waals surface area (Å²) >= 11 is 0. The summed E-state index contributed by atoms with van der Waals surface area (Å²) in [6.45, 7) is 5.83. The van der Waals surface area contributed by atoms with Crippen molar-refractivity contribution < 1.29 is 19.4 Å². The van der Waals surface area contributed by atoms with E-state index >= 15 is 0 Å². The smallest absolute Gasteiger partial charge is 0.202 e. The molecule has 1 aliphatic heterocycles. The van der Waals surface area contributed by atoms with E-state index in [-0.39, 0.29) is 34.5 Å². The first-order chi connectivity index (χ1) is 17.2. The molecule has 5 rings (SSSR count). The number of carbonyl (C=O) groups is 2. The second-order valence-corrected chi connectivity index (χ2v) is 9.94. The minimum absolute atomic E-state index is 0.0889. The van der Waals surface area contributed by atoms with Crippen molar-refractivity contribution >= 4 is 22.3 Å². The molecule has 180 valence electrons. The molecule has 5 heteroatoms. The quantitative estimate of drug-likeness (QED) is 0.326. The Hall–Kier alpha value is -4.38. The van der Waals surface area contributed by atoms with E-state index in [1.165, 1.54) is 0 Å². The first kappa shape index (κ1) is 23.4. The van der Waals surface area contributed by atoms with Gasteiger partial charge in [0.05, 0.1) is 11.5 Å². The molecule has 4 aromatic rings. The number of carbonyl (C=O) groups excluding carboxylic acids is 2. The molecule has 5 nitrogen and oxygen atoms in total. The van der Waals surface area contributed by atoms with Gasteiger partial charge in [0.25, 0.3) is 0 Å². The third-order valence-corrected chi connectivity index (χ3v) is 6.14. The molecule has 1 heterocycles. The van der Waals surface area contributed by atoms with Crippen LogP contribution in [0.15, 0.2) is 102 Å². The number of ketones is 2. The van der Waals surface area contributed by atoms with Gasteiger partial charge in [-0.3, -0.25) is 9.59 Å². The van der Waals surface area contributed by atoms with E-state index in [9.17, 15) is 14.7 Å². The number of aromatic hydroxyl groups is 1. The van der Waals surface area contributed by atoms with Crippen molar-refractivity contribution in [2.45, 2.75) is 32.2 Å². The van der Waals surface area contributed by atoms with Gasteiger partial charge in [0.1, 0.15) is 0 Å². The maximum atomic E-state index is 14.2. The molecule has 0 saturated carbocycles. The fourth-order valence-electron chi connectivity index (χ4n) is 4.61. The number of hydrogen-bond donors (Lipinski definition) is 2. The molecule has 1 atom stereocenters. The first-order valence-corrected chi connectivity index (χ1v) is 11.9. The predicted molar refractivity (Wildman–Crippen MR) is 140 cm³/mol. The summed E-state index contributed by atoms with van der Waals surface area (Å²) in [6.07, 6.45) is 0. The molecule has 0 aliphatic carbocycles. The van der Waals surface area contributed by atoms with Gasteiger partial charge in [-0.05, 0) is 37.6 Å². The molecular formula is C31H27NO4. The molecule has 0 fully saturated rings. The Morgan fingerprint density at radius 3 is 2.06 bits per heavy atom. The molecular weight excluding hydrogens is 450 g/mol. The number of Topliss-reactive ketones (excluding diaryl/α,β-unsaturated/α-hetero) is 2. The van der Waals surface area contributed by atoms with E-state index in [0.717, 1.165) is 10.8 Å². The summed E-state index contributed by atoms with van der Waals surface area (Å²) in [6, 6.07) is 26.9. The van der Waals surface area contributed by atoms with Crippen LogP contribution >= 0.6 is 0 Å². The van der Waals surface area contributed by atoms with Gasteiger partial charge in [0, 0.05) is 22.2 Å². The molecule has 0 amide bonds. The zero-order valence-electron chi connectivity index (χ0n) is 20.4. The van der Waals surface area contributed by atoms with Crippen LogP contribution in [0.5, 0.6) is 11.5 Å². The van der Waals surface area contributed by atoms with Gasteiger partial charge in [-0.25, -0.2) is 0 Å². The molecule has 0 radical (unpaired) electrons. The largest absolute Gasteiger partial charge is 0.504 e. The Morgan fingerprint density at radius 1 is 0.833 bits per heavy atom. The minimum Gasteiger partial charge on any atom is -0.504 e. The number of rotatable bonds is 5. The Kier molecular flexibility index (Phi) is 5.84. The van der Waals surface area contributed by atoms with Crippen molar-refractivity contribution in [2.75, 3.05) is 0 Å². The van der Waals surface area contributed by atoms with Gasteiger partial charge in [-0.2, -0.15) is 0 Å². The number of fused-ring (bicyclic) bond motifs is 3. The summed E-state index contributed by atoms with van der Waals surface area (Å²) < 4.78 is 6.26. The van der Waals surface area contributed by atoms with Gasteiger partial charge < -0.3 is 15.2 Å².